The van der Waals surface area contributed by atoms with Gasteiger partial charge in [0.2, 0.25) is 5.91 Å². The number of carbonyl (C=O) groups excluding carboxylic acids is 2. The third kappa shape index (κ3) is 2.37. The summed E-state index contributed by atoms with van der Waals surface area (Å²) < 4.78 is 0. The fraction of sp³-hybridized carbons (Fsp3) is 0.429. The van der Waals surface area contributed by atoms with Crippen molar-refractivity contribution in [3.8, 4) is 0 Å². The van der Waals surface area contributed by atoms with E-state index in [-0.39, 0.29) is 23.0 Å². The highest BCUT2D eigenvalue weighted by Gasteiger charge is 2.34. The third-order valence-electron chi connectivity index (χ3n) is 3.52. The highest BCUT2D eigenvalue weighted by atomic mass is 35.5. The molecule has 0 aliphatic carbocycles. The van der Waals surface area contributed by atoms with Gasteiger partial charge < -0.3 is 5.32 Å². The molecule has 19 heavy (non-hydrogen) atoms. The Balaban J connectivity index is 2.72. The topological polar surface area (TPSA) is 46.2 Å². The Kier molecular flexibility index (Phi) is 3.63. The first-order valence-electron chi connectivity index (χ1n) is 6.00. The summed E-state index contributed by atoms with van der Waals surface area (Å²) >= 11 is 11.8. The third-order valence-corrected chi connectivity index (χ3v) is 4.25. The van der Waals surface area contributed by atoms with Crippen LogP contribution in [0.3, 0.4) is 0 Å². The van der Waals surface area contributed by atoms with Gasteiger partial charge in [-0.15, -0.1) is 11.6 Å². The highest BCUT2D eigenvalue weighted by molar-refractivity contribution is 6.38. The van der Waals surface area contributed by atoms with Gasteiger partial charge in [0.15, 0.2) is 5.78 Å². The lowest BCUT2D eigenvalue weighted by Gasteiger charge is -2.34. The first kappa shape index (κ1) is 14.4. The van der Waals surface area contributed by atoms with Crippen molar-refractivity contribution in [3.05, 3.63) is 27.8 Å². The molecule has 0 spiro atoms. The lowest BCUT2D eigenvalue weighted by molar-refractivity contribution is -0.117. The maximum Gasteiger partial charge on any atom is 0.225 e. The molecular weight excluding hydrogens is 285 g/mol. The van der Waals surface area contributed by atoms with Gasteiger partial charge in [0, 0.05) is 23.1 Å². The van der Waals surface area contributed by atoms with Crippen molar-refractivity contribution in [3.63, 3.8) is 0 Å². The molecule has 102 valence electrons. The van der Waals surface area contributed by atoms with Crippen LogP contribution in [0.1, 0.15) is 41.8 Å². The van der Waals surface area contributed by atoms with Crippen molar-refractivity contribution in [2.45, 2.75) is 32.6 Å². The number of hydrogen-bond donors (Lipinski definition) is 1. The van der Waals surface area contributed by atoms with Crippen molar-refractivity contribution in [2.24, 2.45) is 0 Å². The molecule has 1 aliphatic rings. The van der Waals surface area contributed by atoms with E-state index in [4.69, 9.17) is 23.2 Å². The predicted octanol–water partition coefficient (Wildman–Crippen LogP) is 3.69. The van der Waals surface area contributed by atoms with Crippen molar-refractivity contribution in [2.75, 3.05) is 11.2 Å². The summed E-state index contributed by atoms with van der Waals surface area (Å²) in [4.78, 5) is 23.6. The van der Waals surface area contributed by atoms with E-state index in [1.165, 1.54) is 0 Å². The van der Waals surface area contributed by atoms with E-state index in [9.17, 15) is 9.59 Å². The molecule has 1 amide bonds. The van der Waals surface area contributed by atoms with Gasteiger partial charge in [-0.2, -0.15) is 0 Å². The largest absolute Gasteiger partial charge is 0.325 e. The number of alkyl halides is 1. The van der Waals surface area contributed by atoms with Crippen LogP contribution in [0.4, 0.5) is 5.69 Å². The zero-order chi connectivity index (χ0) is 14.4. The molecule has 0 fully saturated rings. The van der Waals surface area contributed by atoms with E-state index in [1.807, 2.05) is 13.8 Å². The minimum Gasteiger partial charge on any atom is -0.325 e. The van der Waals surface area contributed by atoms with Gasteiger partial charge >= 0.3 is 0 Å². The molecule has 0 unspecified atom stereocenters. The van der Waals surface area contributed by atoms with Crippen molar-refractivity contribution in [1.82, 2.24) is 0 Å². The van der Waals surface area contributed by atoms with Gasteiger partial charge in [0.05, 0.1) is 10.9 Å². The molecule has 1 heterocycles. The first-order valence-corrected chi connectivity index (χ1v) is 6.91. The smallest absolute Gasteiger partial charge is 0.225 e. The summed E-state index contributed by atoms with van der Waals surface area (Å²) in [6.45, 7) is 5.76. The Morgan fingerprint density at radius 3 is 2.68 bits per heavy atom. The Morgan fingerprint density at radius 1 is 1.47 bits per heavy atom. The molecule has 0 bridgehead atoms. The molecule has 2 rings (SSSR count). The van der Waals surface area contributed by atoms with Gasteiger partial charge in [-0.1, -0.05) is 25.4 Å². The molecule has 3 nitrogen and oxygen atoms in total. The molecule has 0 saturated heterocycles. The number of carbonyl (C=O) groups is 2. The Morgan fingerprint density at radius 2 is 2.11 bits per heavy atom. The molecule has 0 radical (unpaired) electrons. The summed E-state index contributed by atoms with van der Waals surface area (Å²) in [7, 11) is 0. The van der Waals surface area contributed by atoms with Crippen LogP contribution < -0.4 is 5.32 Å². The average molecular weight is 300 g/mol. The minimum atomic E-state index is -0.325. The molecular formula is C14H15Cl2NO2. The molecule has 0 aromatic heterocycles. The maximum atomic E-state index is 11.8. The van der Waals surface area contributed by atoms with Crippen LogP contribution in [-0.4, -0.2) is 17.6 Å². The summed E-state index contributed by atoms with van der Waals surface area (Å²) in [5, 5.41) is 3.20. The second kappa shape index (κ2) is 4.80. The summed E-state index contributed by atoms with van der Waals surface area (Å²) in [6, 6.07) is 1.76. The lowest BCUT2D eigenvalue weighted by atomic mass is 9.76. The Labute approximate surface area is 122 Å². The Hall–Kier alpha value is -1.06. The molecule has 1 aromatic rings. The number of hydrogen-bond acceptors (Lipinski definition) is 2. The van der Waals surface area contributed by atoms with E-state index in [0.29, 0.717) is 22.6 Å². The van der Waals surface area contributed by atoms with E-state index >= 15 is 0 Å². The number of rotatable bonds is 2. The number of Topliss-reactive ketones (excluding diaryl/α,β-unsaturated/α-hetero) is 1. The number of anilines is 1. The zero-order valence-corrected chi connectivity index (χ0v) is 12.6. The van der Waals surface area contributed by atoms with Crippen LogP contribution >= 0.6 is 23.2 Å². The first-order chi connectivity index (χ1) is 8.77. The van der Waals surface area contributed by atoms with Crippen molar-refractivity contribution in [1.29, 1.82) is 0 Å². The Bertz CT molecular complexity index is 579. The average Bonchev–Trinajstić information content (AvgIpc) is 2.32. The number of fused-ring (bicyclic) bond motifs is 1. The predicted molar refractivity (Wildman–Crippen MR) is 77.5 cm³/mol. The summed E-state index contributed by atoms with van der Waals surface area (Å²) in [6.07, 6.45) is 0.385. The van der Waals surface area contributed by atoms with Crippen LogP contribution in [-0.2, 0) is 10.2 Å². The van der Waals surface area contributed by atoms with Crippen LogP contribution in [0.15, 0.2) is 6.07 Å². The zero-order valence-electron chi connectivity index (χ0n) is 11.1. The standard InChI is InChI=1S/C14H15Cl2NO2/c1-7-12(16)8(10(18)6-15)4-9-13(7)17-11(19)5-14(9,2)3/h4H,5-6H2,1-3H3,(H,17,19). The number of nitrogens with one attached hydrogen (secondary N) is 1. The van der Waals surface area contributed by atoms with Crippen LogP contribution in [0, 0.1) is 6.92 Å². The summed E-state index contributed by atoms with van der Waals surface area (Å²) in [5.74, 6) is -0.344. The fourth-order valence-corrected chi connectivity index (χ4v) is 2.84. The highest BCUT2D eigenvalue weighted by Crippen LogP contribution is 2.42. The van der Waals surface area contributed by atoms with Crippen LogP contribution in [0.25, 0.3) is 0 Å². The molecule has 1 aliphatic heterocycles. The monoisotopic (exact) mass is 299 g/mol. The van der Waals surface area contributed by atoms with Crippen LogP contribution in [0.2, 0.25) is 5.02 Å². The molecule has 5 heteroatoms. The number of amides is 1. The number of benzene rings is 1. The molecule has 1 N–H and O–H groups in total. The van der Waals surface area contributed by atoms with E-state index in [0.717, 1.165) is 11.3 Å². The van der Waals surface area contributed by atoms with Crippen molar-refractivity contribution < 1.29 is 9.59 Å². The van der Waals surface area contributed by atoms with E-state index < -0.39 is 0 Å². The molecule has 0 saturated carbocycles. The van der Waals surface area contributed by atoms with E-state index in [2.05, 4.69) is 5.32 Å². The van der Waals surface area contributed by atoms with Gasteiger partial charge in [-0.3, -0.25) is 9.59 Å². The van der Waals surface area contributed by atoms with Crippen LogP contribution in [0.5, 0.6) is 0 Å². The minimum absolute atomic E-state index is 0.0342. The quantitative estimate of drug-likeness (QED) is 0.669. The van der Waals surface area contributed by atoms with E-state index in [1.54, 1.807) is 13.0 Å². The van der Waals surface area contributed by atoms with Crippen molar-refractivity contribution >= 4 is 40.6 Å². The van der Waals surface area contributed by atoms with Gasteiger partial charge in [-0.05, 0) is 24.1 Å². The SMILES string of the molecule is Cc1c(Cl)c(C(=O)CCl)cc2c1NC(=O)CC2(C)C. The maximum absolute atomic E-state index is 11.8. The van der Waals surface area contributed by atoms with Gasteiger partial charge in [-0.25, -0.2) is 0 Å². The number of halogens is 2. The summed E-state index contributed by atoms with van der Waals surface area (Å²) in [5.41, 5.74) is 2.47. The second-order valence-electron chi connectivity index (χ2n) is 5.45. The van der Waals surface area contributed by atoms with Gasteiger partial charge in [0.25, 0.3) is 0 Å². The number of ketones is 1. The molecule has 1 aromatic carbocycles. The lowest BCUT2D eigenvalue weighted by Crippen LogP contribution is -2.33. The normalized spacial score (nSPS) is 16.8. The van der Waals surface area contributed by atoms with Gasteiger partial charge in [0.1, 0.15) is 0 Å². The second-order valence-corrected chi connectivity index (χ2v) is 6.10. The molecule has 0 atom stereocenters. The fourth-order valence-electron chi connectivity index (χ4n) is 2.44.